The molecule has 55 heavy (non-hydrogen) atoms. The quantitative estimate of drug-likeness (QED) is 0.109. The van der Waals surface area contributed by atoms with E-state index < -0.39 is 80.7 Å². The maximum atomic E-state index is 17.3. The van der Waals surface area contributed by atoms with Gasteiger partial charge >= 0.3 is 12.2 Å². The van der Waals surface area contributed by atoms with Crippen LogP contribution in [0.1, 0.15) is 54.8 Å². The lowest BCUT2D eigenvalue weighted by atomic mass is 9.91. The summed E-state index contributed by atoms with van der Waals surface area (Å²) in [4.78, 5) is 14.8. The van der Waals surface area contributed by atoms with Gasteiger partial charge in [-0.25, -0.2) is 18.2 Å². The predicted molar refractivity (Wildman–Crippen MR) is 193 cm³/mol. The lowest BCUT2D eigenvalue weighted by molar-refractivity contribution is -0.138. The second kappa shape index (κ2) is 13.9. The Bertz CT molecular complexity index is 2360. The van der Waals surface area contributed by atoms with Gasteiger partial charge in [-0.15, -0.1) is 11.3 Å². The van der Waals surface area contributed by atoms with Crippen molar-refractivity contribution in [3.05, 3.63) is 58.8 Å². The number of alkyl halides is 4. The van der Waals surface area contributed by atoms with Crippen LogP contribution in [0.2, 0.25) is 0 Å². The van der Waals surface area contributed by atoms with Crippen molar-refractivity contribution >= 4 is 49.0 Å². The second-order valence-electron chi connectivity index (χ2n) is 14.2. The molecule has 3 aliphatic heterocycles. The van der Waals surface area contributed by atoms with Crippen LogP contribution in [-0.2, 0) is 10.9 Å². The number of pyridine rings is 1. The number of nitrogens with two attached hydrogens (primary N) is 2. The third-order valence-electron chi connectivity index (χ3n) is 10.9. The number of rotatable bonds is 9. The normalized spacial score (nSPS) is 22.0. The summed E-state index contributed by atoms with van der Waals surface area (Å²) >= 11 is 0.619. The zero-order chi connectivity index (χ0) is 38.8. The van der Waals surface area contributed by atoms with Crippen molar-refractivity contribution in [1.29, 1.82) is 5.26 Å². The van der Waals surface area contributed by atoms with Crippen LogP contribution in [0, 0.1) is 28.9 Å². The minimum Gasteiger partial charge on any atom is -0.506 e. The number of phenols is 1. The van der Waals surface area contributed by atoms with Crippen LogP contribution >= 0.6 is 11.3 Å². The average Bonchev–Trinajstić information content (AvgIpc) is 3.92. The van der Waals surface area contributed by atoms with Gasteiger partial charge in [0.2, 0.25) is 0 Å². The van der Waals surface area contributed by atoms with E-state index in [1.54, 1.807) is 18.2 Å². The number of nitrogens with zero attached hydrogens (tertiary/aromatic N) is 5. The van der Waals surface area contributed by atoms with Crippen molar-refractivity contribution in [3.8, 4) is 29.0 Å². The number of phenolic OH excluding ortho intramolecular Hbond substituents is 1. The number of fused-ring (bicyclic) bond motifs is 3. The molecule has 18 heteroatoms. The second-order valence-corrected chi connectivity index (χ2v) is 15.3. The molecule has 0 aliphatic carbocycles. The van der Waals surface area contributed by atoms with Gasteiger partial charge in [0.1, 0.15) is 58.1 Å². The average molecular weight is 785 g/mol. The third kappa shape index (κ3) is 6.37. The molecular formula is C37H34F6N8O3S. The van der Waals surface area contributed by atoms with Gasteiger partial charge < -0.3 is 31.4 Å². The molecule has 2 aromatic carbocycles. The van der Waals surface area contributed by atoms with E-state index >= 15 is 22.0 Å². The molecule has 0 bridgehead atoms. The van der Waals surface area contributed by atoms with Gasteiger partial charge in [0.05, 0.1) is 27.2 Å². The van der Waals surface area contributed by atoms with Gasteiger partial charge in [-0.1, -0.05) is 12.1 Å². The van der Waals surface area contributed by atoms with Gasteiger partial charge in [-0.2, -0.15) is 28.4 Å². The number of ether oxygens (including phenoxy) is 2. The summed E-state index contributed by atoms with van der Waals surface area (Å²) in [5.41, 5.74) is 7.37. The van der Waals surface area contributed by atoms with Crippen LogP contribution < -0.4 is 21.5 Å². The molecule has 11 nitrogen and oxygen atoms in total. The molecule has 288 valence electrons. The Labute approximate surface area is 313 Å². The van der Waals surface area contributed by atoms with Crippen molar-refractivity contribution in [1.82, 2.24) is 19.9 Å². The largest absolute Gasteiger partial charge is 0.506 e. The van der Waals surface area contributed by atoms with Crippen molar-refractivity contribution in [2.24, 2.45) is 5.92 Å². The highest BCUT2D eigenvalue weighted by atomic mass is 32.1. The van der Waals surface area contributed by atoms with Gasteiger partial charge in [0.25, 0.3) is 0 Å². The molecule has 6 N–H and O–H groups in total. The Morgan fingerprint density at radius 2 is 2.02 bits per heavy atom. The Balaban J connectivity index is 1.37. The number of nitrogens with one attached hydrogen (secondary N) is 1. The summed E-state index contributed by atoms with van der Waals surface area (Å²) in [6, 6.07) is 5.59. The Hall–Kier alpha value is -5.12. The summed E-state index contributed by atoms with van der Waals surface area (Å²) in [6.07, 6.45) is -2.44. The molecule has 6 heterocycles. The Morgan fingerprint density at radius 1 is 1.20 bits per heavy atom. The van der Waals surface area contributed by atoms with Gasteiger partial charge in [0.15, 0.2) is 5.82 Å². The molecule has 1 unspecified atom stereocenters. The molecule has 3 aliphatic rings. The lowest BCUT2D eigenvalue weighted by Crippen LogP contribution is -2.43. The molecule has 0 amide bonds. The Morgan fingerprint density at radius 3 is 2.75 bits per heavy atom. The van der Waals surface area contributed by atoms with E-state index in [0.717, 1.165) is 18.6 Å². The Kier molecular flexibility index (Phi) is 9.29. The third-order valence-corrected chi connectivity index (χ3v) is 11.9. The smallest absolute Gasteiger partial charge is 0.420 e. The van der Waals surface area contributed by atoms with E-state index in [9.17, 15) is 14.8 Å². The van der Waals surface area contributed by atoms with Crippen molar-refractivity contribution < 1.29 is 40.9 Å². The van der Waals surface area contributed by atoms with E-state index in [4.69, 9.17) is 20.9 Å². The number of hydrogen-bond acceptors (Lipinski definition) is 12. The highest BCUT2D eigenvalue weighted by molar-refractivity contribution is 7.23. The topological polar surface area (TPSA) is 168 Å². The van der Waals surface area contributed by atoms with Crippen LogP contribution in [0.3, 0.4) is 0 Å². The highest BCUT2D eigenvalue weighted by Gasteiger charge is 2.49. The van der Waals surface area contributed by atoms with Crippen molar-refractivity contribution in [2.75, 3.05) is 49.7 Å². The zero-order valence-corrected chi connectivity index (χ0v) is 29.8. The summed E-state index contributed by atoms with van der Waals surface area (Å²) < 4.78 is 104. The first-order chi connectivity index (χ1) is 26.3. The van der Waals surface area contributed by atoms with Crippen LogP contribution in [0.5, 0.6) is 11.8 Å². The lowest BCUT2D eigenvalue weighted by Gasteiger charge is -2.31. The standard InChI is InChI=1S/C37H34F6N8O3S/c38-18-12-36(7-2-9-51(36)14-18)16-54-35-49-29-26(34(50-35)48-23(11-17-6-10-53-15-17)19-3-1-8-47-32(19)45)30(52)27(37(41,42)43)25(28(29)40)20-4-5-22(39)31-24(20)21(13-44)33(46)55-31/h1,3-5,8,17-18,23,52H,2,6-7,9-12,14-16,46H2,(H2,45,47)(H,48,49,50)/t17?,18-,23-,36+/m1/s1. The number of thiophene rings is 1. The fraction of sp³-hybridized carbons (Fsp3) is 0.405. The summed E-state index contributed by atoms with van der Waals surface area (Å²) in [6.45, 7) is 1.65. The monoisotopic (exact) mass is 784 g/mol. The van der Waals surface area contributed by atoms with Gasteiger partial charge in [-0.3, -0.25) is 4.90 Å². The highest BCUT2D eigenvalue weighted by Crippen LogP contribution is 2.52. The molecule has 5 aromatic rings. The van der Waals surface area contributed by atoms with Crippen molar-refractivity contribution in [2.45, 2.75) is 56.0 Å². The first kappa shape index (κ1) is 36.8. The molecule has 4 atom stereocenters. The number of aromatic hydroxyl groups is 1. The fourth-order valence-corrected chi connectivity index (χ4v) is 9.35. The molecule has 0 radical (unpaired) electrons. The van der Waals surface area contributed by atoms with Crippen LogP contribution in [0.15, 0.2) is 30.5 Å². The number of benzene rings is 2. The molecule has 3 fully saturated rings. The molecular weight excluding hydrogens is 751 g/mol. The number of hydrogen-bond donors (Lipinski definition) is 4. The van der Waals surface area contributed by atoms with E-state index in [-0.39, 0.29) is 52.0 Å². The van der Waals surface area contributed by atoms with Gasteiger partial charge in [0, 0.05) is 48.9 Å². The predicted octanol–water partition coefficient (Wildman–Crippen LogP) is 7.48. The maximum absolute atomic E-state index is 17.3. The number of nitriles is 1. The molecule has 3 aromatic heterocycles. The summed E-state index contributed by atoms with van der Waals surface area (Å²) in [7, 11) is 0. The summed E-state index contributed by atoms with van der Waals surface area (Å²) in [5.74, 6) is -4.17. The first-order valence-corrected chi connectivity index (χ1v) is 18.4. The molecule has 0 spiro atoms. The van der Waals surface area contributed by atoms with E-state index in [0.29, 0.717) is 55.9 Å². The number of aromatic nitrogens is 3. The zero-order valence-electron chi connectivity index (χ0n) is 29.0. The van der Waals surface area contributed by atoms with E-state index in [1.165, 1.54) is 6.20 Å². The van der Waals surface area contributed by atoms with Crippen LogP contribution in [0.25, 0.3) is 32.1 Å². The fourth-order valence-electron chi connectivity index (χ4n) is 8.41. The minimum absolute atomic E-state index is 0.0136. The van der Waals surface area contributed by atoms with E-state index in [2.05, 4.69) is 20.3 Å². The molecule has 8 rings (SSSR count). The van der Waals surface area contributed by atoms with Crippen LogP contribution in [-0.4, -0.2) is 69.6 Å². The molecule has 0 saturated carbocycles. The van der Waals surface area contributed by atoms with E-state index in [1.807, 2.05) is 4.90 Å². The molecule has 3 saturated heterocycles. The first-order valence-electron chi connectivity index (χ1n) is 17.6. The summed E-state index contributed by atoms with van der Waals surface area (Å²) in [5, 5.41) is 23.5. The SMILES string of the molecule is N#Cc1c(N)sc2c(F)ccc(-c3c(C(F)(F)F)c(O)c4c(N[C@H](CC5CCOC5)c5cccnc5N)nc(OC[C@@]56CCCN5C[C@H](F)C6)nc4c3F)c12. The van der Waals surface area contributed by atoms with Crippen molar-refractivity contribution in [3.63, 3.8) is 0 Å². The number of halogens is 6. The van der Waals surface area contributed by atoms with Gasteiger partial charge in [-0.05, 0) is 55.8 Å². The number of nitrogen functional groups attached to an aromatic ring is 2. The van der Waals surface area contributed by atoms with Crippen LogP contribution in [0.4, 0.5) is 43.0 Å². The minimum atomic E-state index is -5.40. The number of anilines is 3. The maximum Gasteiger partial charge on any atom is 0.420 e.